The summed E-state index contributed by atoms with van der Waals surface area (Å²) in [6.07, 6.45) is 6.03. The fourth-order valence-electron chi connectivity index (χ4n) is 3.56. The van der Waals surface area contributed by atoms with E-state index in [9.17, 15) is 14.7 Å². The molecular formula is C17H25N5O3. The zero-order valence-electron chi connectivity index (χ0n) is 14.9. The van der Waals surface area contributed by atoms with Crippen molar-refractivity contribution in [1.29, 1.82) is 0 Å². The topological polar surface area (TPSA) is 96.2 Å². The normalized spacial score (nSPS) is 24.6. The number of aryl methyl sites for hydroxylation is 2. The van der Waals surface area contributed by atoms with Gasteiger partial charge >= 0.3 is 5.69 Å². The van der Waals surface area contributed by atoms with Crippen molar-refractivity contribution in [3.8, 4) is 0 Å². The molecule has 0 radical (unpaired) electrons. The molecule has 0 aliphatic carbocycles. The van der Waals surface area contributed by atoms with Gasteiger partial charge in [0.05, 0.1) is 17.8 Å². The minimum Gasteiger partial charge on any atom is -0.387 e. The quantitative estimate of drug-likeness (QED) is 0.827. The van der Waals surface area contributed by atoms with Crippen molar-refractivity contribution in [2.45, 2.75) is 51.9 Å². The fourth-order valence-corrected chi connectivity index (χ4v) is 3.56. The second kappa shape index (κ2) is 6.61. The van der Waals surface area contributed by atoms with E-state index in [4.69, 9.17) is 0 Å². The van der Waals surface area contributed by atoms with Crippen LogP contribution in [-0.4, -0.2) is 48.0 Å². The molecule has 0 saturated carbocycles. The maximum atomic E-state index is 12.2. The first-order chi connectivity index (χ1) is 11.8. The van der Waals surface area contributed by atoms with Gasteiger partial charge in [-0.3, -0.25) is 23.9 Å². The lowest BCUT2D eigenvalue weighted by molar-refractivity contribution is -0.0603. The van der Waals surface area contributed by atoms with Gasteiger partial charge in [0.2, 0.25) is 0 Å². The molecular weight excluding hydrogens is 322 g/mol. The van der Waals surface area contributed by atoms with Crippen molar-refractivity contribution in [3.05, 3.63) is 50.6 Å². The van der Waals surface area contributed by atoms with Crippen LogP contribution in [0.15, 0.2) is 28.2 Å². The molecule has 3 rings (SSSR count). The fraction of sp³-hybridized carbons (Fsp3) is 0.588. The van der Waals surface area contributed by atoms with Gasteiger partial charge in [0.1, 0.15) is 0 Å². The Labute approximate surface area is 145 Å². The molecule has 0 spiro atoms. The maximum Gasteiger partial charge on any atom is 0.328 e. The highest BCUT2D eigenvalue weighted by Gasteiger charge is 2.39. The van der Waals surface area contributed by atoms with Crippen LogP contribution >= 0.6 is 0 Å². The molecule has 0 amide bonds. The summed E-state index contributed by atoms with van der Waals surface area (Å²) in [6, 6.07) is -0.370. The summed E-state index contributed by atoms with van der Waals surface area (Å²) in [4.78, 5) is 28.2. The molecule has 0 unspecified atom stereocenters. The second-order valence-corrected chi connectivity index (χ2v) is 7.06. The number of β-amino-alcohol motifs (C(OH)–C–C–N with tert-alkyl or cyclic N) is 1. The first-order valence-electron chi connectivity index (χ1n) is 8.58. The highest BCUT2D eigenvalue weighted by Crippen LogP contribution is 2.31. The first kappa shape index (κ1) is 17.6. The number of aliphatic hydroxyl groups is 1. The molecule has 0 bridgehead atoms. The molecule has 1 aliphatic heterocycles. The summed E-state index contributed by atoms with van der Waals surface area (Å²) in [5.41, 5.74) is -0.365. The monoisotopic (exact) mass is 347 g/mol. The molecule has 8 heteroatoms. The van der Waals surface area contributed by atoms with E-state index < -0.39 is 11.3 Å². The minimum absolute atomic E-state index is 0.370. The third-order valence-electron chi connectivity index (χ3n) is 4.88. The van der Waals surface area contributed by atoms with E-state index in [1.54, 1.807) is 20.0 Å². The maximum absolute atomic E-state index is 12.2. The van der Waals surface area contributed by atoms with Crippen LogP contribution in [-0.2, 0) is 13.1 Å². The molecule has 8 nitrogen and oxygen atoms in total. The van der Waals surface area contributed by atoms with Crippen LogP contribution in [0.2, 0.25) is 0 Å². The number of nitrogens with zero attached hydrogens (tertiary/aromatic N) is 4. The van der Waals surface area contributed by atoms with E-state index in [2.05, 4.69) is 15.0 Å². The van der Waals surface area contributed by atoms with Gasteiger partial charge in [0, 0.05) is 49.7 Å². The molecule has 2 aromatic rings. The zero-order chi connectivity index (χ0) is 18.2. The minimum atomic E-state index is -1.08. The molecule has 2 aromatic heterocycles. The Bertz CT molecular complexity index is 864. The summed E-state index contributed by atoms with van der Waals surface area (Å²) in [6.45, 7) is 8.17. The summed E-state index contributed by atoms with van der Waals surface area (Å²) in [5.74, 6) is 0. The van der Waals surface area contributed by atoms with E-state index >= 15 is 0 Å². The molecule has 2 N–H and O–H groups in total. The van der Waals surface area contributed by atoms with E-state index in [1.165, 1.54) is 4.57 Å². The Kier molecular flexibility index (Phi) is 4.66. The average molecular weight is 347 g/mol. The van der Waals surface area contributed by atoms with Gasteiger partial charge in [-0.1, -0.05) is 0 Å². The van der Waals surface area contributed by atoms with Crippen LogP contribution in [0, 0.1) is 6.92 Å². The molecule has 2 atom stereocenters. The van der Waals surface area contributed by atoms with Crippen LogP contribution in [0.3, 0.4) is 0 Å². The molecule has 3 heterocycles. The highest BCUT2D eigenvalue weighted by atomic mass is 16.3. The van der Waals surface area contributed by atoms with Crippen LogP contribution in [0.4, 0.5) is 0 Å². The lowest BCUT2D eigenvalue weighted by atomic mass is 9.88. The van der Waals surface area contributed by atoms with E-state index in [1.807, 2.05) is 24.0 Å². The van der Waals surface area contributed by atoms with E-state index in [-0.39, 0.29) is 11.6 Å². The first-order valence-corrected chi connectivity index (χ1v) is 8.58. The van der Waals surface area contributed by atoms with Gasteiger partial charge < -0.3 is 5.11 Å². The van der Waals surface area contributed by atoms with Gasteiger partial charge in [-0.25, -0.2) is 4.79 Å². The van der Waals surface area contributed by atoms with Gasteiger partial charge in [-0.05, 0) is 27.2 Å². The van der Waals surface area contributed by atoms with Gasteiger partial charge in [-0.15, -0.1) is 0 Å². The summed E-state index contributed by atoms with van der Waals surface area (Å²) < 4.78 is 3.34. The summed E-state index contributed by atoms with van der Waals surface area (Å²) >= 11 is 0. The number of nitrogens with one attached hydrogen (secondary N) is 1. The second-order valence-electron chi connectivity index (χ2n) is 7.06. The van der Waals surface area contributed by atoms with Gasteiger partial charge in [0.25, 0.3) is 5.56 Å². The number of aromatic nitrogens is 4. The predicted molar refractivity (Wildman–Crippen MR) is 93.5 cm³/mol. The van der Waals surface area contributed by atoms with Crippen molar-refractivity contribution in [1.82, 2.24) is 24.2 Å². The predicted octanol–water partition coefficient (Wildman–Crippen LogP) is 0.259. The summed E-state index contributed by atoms with van der Waals surface area (Å²) in [7, 11) is 0. The van der Waals surface area contributed by atoms with E-state index in [0.717, 1.165) is 18.7 Å². The SMILES string of the molecule is CCn1cc(CN2CC[C@H](n3cc(C)c(=O)[nH]c3=O)[C@@](C)(O)C2)cn1. The largest absolute Gasteiger partial charge is 0.387 e. The van der Waals surface area contributed by atoms with Crippen molar-refractivity contribution in [2.75, 3.05) is 13.1 Å². The number of likely N-dealkylation sites (tertiary alicyclic amines) is 1. The van der Waals surface area contributed by atoms with Crippen molar-refractivity contribution in [3.63, 3.8) is 0 Å². The molecule has 25 heavy (non-hydrogen) atoms. The molecule has 1 saturated heterocycles. The Hall–Kier alpha value is -2.19. The van der Waals surface area contributed by atoms with Crippen molar-refractivity contribution >= 4 is 0 Å². The summed E-state index contributed by atoms with van der Waals surface area (Å²) in [5, 5.41) is 15.2. The number of hydrogen-bond acceptors (Lipinski definition) is 5. The van der Waals surface area contributed by atoms with Crippen molar-refractivity contribution < 1.29 is 5.11 Å². The highest BCUT2D eigenvalue weighted by molar-refractivity contribution is 5.07. The lowest BCUT2D eigenvalue weighted by Gasteiger charge is -2.43. The average Bonchev–Trinajstić information content (AvgIpc) is 2.98. The van der Waals surface area contributed by atoms with E-state index in [0.29, 0.717) is 25.1 Å². The molecule has 136 valence electrons. The third kappa shape index (κ3) is 3.59. The zero-order valence-corrected chi connectivity index (χ0v) is 14.9. The lowest BCUT2D eigenvalue weighted by Crippen LogP contribution is -2.54. The van der Waals surface area contributed by atoms with Gasteiger partial charge in [0.15, 0.2) is 0 Å². The number of H-pyrrole nitrogens is 1. The number of aromatic amines is 1. The Morgan fingerprint density at radius 2 is 2.16 bits per heavy atom. The van der Waals surface area contributed by atoms with Crippen LogP contribution in [0.1, 0.15) is 37.4 Å². The molecule has 1 aliphatic rings. The number of piperidine rings is 1. The third-order valence-corrected chi connectivity index (χ3v) is 4.88. The molecule has 1 fully saturated rings. The van der Waals surface area contributed by atoms with Crippen LogP contribution in [0.25, 0.3) is 0 Å². The van der Waals surface area contributed by atoms with Crippen molar-refractivity contribution in [2.24, 2.45) is 0 Å². The Morgan fingerprint density at radius 1 is 1.40 bits per heavy atom. The molecule has 0 aromatic carbocycles. The number of hydrogen-bond donors (Lipinski definition) is 2. The Balaban J connectivity index is 1.77. The van der Waals surface area contributed by atoms with Gasteiger partial charge in [-0.2, -0.15) is 5.10 Å². The smallest absolute Gasteiger partial charge is 0.328 e. The standard InChI is InChI=1S/C17H25N5O3/c1-4-21-10-13(7-18-21)9-20-6-5-14(17(3,25)11-20)22-8-12(2)15(23)19-16(22)24/h7-8,10,14,25H,4-6,9,11H2,1-3H3,(H,19,23,24)/t14-,17-/m0/s1. The Morgan fingerprint density at radius 3 is 2.80 bits per heavy atom. The number of rotatable bonds is 4. The van der Waals surface area contributed by atoms with Crippen LogP contribution in [0.5, 0.6) is 0 Å². The van der Waals surface area contributed by atoms with Crippen LogP contribution < -0.4 is 11.2 Å².